The number of rotatable bonds is 5. The van der Waals surface area contributed by atoms with Crippen molar-refractivity contribution in [2.24, 2.45) is 13.0 Å². The Labute approximate surface area is 85.5 Å². The second-order valence-corrected chi connectivity index (χ2v) is 4.25. The van der Waals surface area contributed by atoms with Crippen LogP contribution in [0.15, 0.2) is 6.20 Å². The molecule has 0 unspecified atom stereocenters. The van der Waals surface area contributed by atoms with Gasteiger partial charge in [-0.2, -0.15) is 0 Å². The maximum Gasteiger partial charge on any atom is 0.105 e. The lowest BCUT2D eigenvalue weighted by molar-refractivity contribution is 0.624. The van der Waals surface area contributed by atoms with Crippen LogP contribution in [0.25, 0.3) is 0 Å². The minimum Gasteiger partial charge on any atom is -0.335 e. The fourth-order valence-corrected chi connectivity index (χ4v) is 1.63. The third kappa shape index (κ3) is 2.35. The molecule has 0 amide bonds. The molecule has 0 bridgehead atoms. The van der Waals surface area contributed by atoms with Crippen molar-refractivity contribution >= 4 is 0 Å². The van der Waals surface area contributed by atoms with Crippen molar-refractivity contribution in [1.82, 2.24) is 14.9 Å². The standard InChI is InChI=1S/C11H19N3/c1-9-13-8-11(14(9)2)5-6-12-7-10-3-4-10/h8,10,12H,3-7H2,1-2H3. The van der Waals surface area contributed by atoms with Gasteiger partial charge in [0.25, 0.3) is 0 Å². The molecule has 78 valence electrons. The summed E-state index contributed by atoms with van der Waals surface area (Å²) in [4.78, 5) is 4.28. The van der Waals surface area contributed by atoms with Crippen molar-refractivity contribution in [2.45, 2.75) is 26.2 Å². The lowest BCUT2D eigenvalue weighted by atomic mass is 10.3. The lowest BCUT2D eigenvalue weighted by Gasteiger charge is -2.04. The zero-order valence-corrected chi connectivity index (χ0v) is 9.08. The number of nitrogens with one attached hydrogen (secondary N) is 1. The van der Waals surface area contributed by atoms with Gasteiger partial charge in [0.1, 0.15) is 5.82 Å². The first-order chi connectivity index (χ1) is 6.77. The van der Waals surface area contributed by atoms with Crippen LogP contribution in [0.1, 0.15) is 24.4 Å². The Balaban J connectivity index is 1.71. The summed E-state index contributed by atoms with van der Waals surface area (Å²) in [6.07, 6.45) is 5.92. The SMILES string of the molecule is Cc1ncc(CCNCC2CC2)n1C. The van der Waals surface area contributed by atoms with E-state index in [0.29, 0.717) is 0 Å². The van der Waals surface area contributed by atoms with Gasteiger partial charge < -0.3 is 9.88 Å². The largest absolute Gasteiger partial charge is 0.335 e. The van der Waals surface area contributed by atoms with Gasteiger partial charge in [-0.3, -0.25) is 0 Å². The summed E-state index contributed by atoms with van der Waals surface area (Å²) in [6, 6.07) is 0. The quantitative estimate of drug-likeness (QED) is 0.714. The second kappa shape index (κ2) is 4.13. The highest BCUT2D eigenvalue weighted by Crippen LogP contribution is 2.27. The number of nitrogens with zero attached hydrogens (tertiary/aromatic N) is 2. The summed E-state index contributed by atoms with van der Waals surface area (Å²) in [5, 5.41) is 3.49. The molecule has 0 spiro atoms. The molecular formula is C11H19N3. The van der Waals surface area contributed by atoms with E-state index in [1.807, 2.05) is 13.1 Å². The number of aryl methyl sites for hydroxylation is 1. The van der Waals surface area contributed by atoms with Gasteiger partial charge in [0, 0.05) is 31.9 Å². The maximum atomic E-state index is 4.28. The molecule has 1 aromatic rings. The predicted molar refractivity (Wildman–Crippen MR) is 57.2 cm³/mol. The van der Waals surface area contributed by atoms with Crippen LogP contribution in [-0.2, 0) is 13.5 Å². The van der Waals surface area contributed by atoms with E-state index in [2.05, 4.69) is 21.9 Å². The summed E-state index contributed by atoms with van der Waals surface area (Å²) in [5.74, 6) is 2.07. The molecule has 0 saturated heterocycles. The van der Waals surface area contributed by atoms with Gasteiger partial charge in [0.15, 0.2) is 0 Å². The molecule has 1 aliphatic rings. The molecule has 1 N–H and O–H groups in total. The summed E-state index contributed by atoms with van der Waals surface area (Å²) in [7, 11) is 2.08. The number of hydrogen-bond acceptors (Lipinski definition) is 2. The van der Waals surface area contributed by atoms with Crippen molar-refractivity contribution in [2.75, 3.05) is 13.1 Å². The normalized spacial score (nSPS) is 16.1. The molecule has 1 fully saturated rings. The van der Waals surface area contributed by atoms with Gasteiger partial charge in [0.2, 0.25) is 0 Å². The Hall–Kier alpha value is -0.830. The van der Waals surface area contributed by atoms with Crippen molar-refractivity contribution in [3.63, 3.8) is 0 Å². The van der Waals surface area contributed by atoms with E-state index >= 15 is 0 Å². The Morgan fingerprint density at radius 3 is 2.93 bits per heavy atom. The number of imidazole rings is 1. The Morgan fingerprint density at radius 2 is 2.36 bits per heavy atom. The van der Waals surface area contributed by atoms with Crippen molar-refractivity contribution < 1.29 is 0 Å². The van der Waals surface area contributed by atoms with Gasteiger partial charge in [-0.25, -0.2) is 4.98 Å². The van der Waals surface area contributed by atoms with Gasteiger partial charge in [-0.05, 0) is 32.2 Å². The molecule has 2 rings (SSSR count). The molecule has 0 aliphatic heterocycles. The minimum atomic E-state index is 0.975. The molecule has 3 heteroatoms. The molecule has 14 heavy (non-hydrogen) atoms. The molecule has 0 atom stereocenters. The van der Waals surface area contributed by atoms with Crippen molar-refractivity contribution in [1.29, 1.82) is 0 Å². The fourth-order valence-electron chi connectivity index (χ4n) is 1.63. The average Bonchev–Trinajstić information content (AvgIpc) is 2.94. The molecule has 1 saturated carbocycles. The summed E-state index contributed by atoms with van der Waals surface area (Å²) >= 11 is 0. The smallest absolute Gasteiger partial charge is 0.105 e. The Kier molecular flexibility index (Phi) is 2.87. The molecule has 3 nitrogen and oxygen atoms in total. The van der Waals surface area contributed by atoms with E-state index in [4.69, 9.17) is 0 Å². The van der Waals surface area contributed by atoms with Crippen LogP contribution < -0.4 is 5.32 Å². The first-order valence-electron chi connectivity index (χ1n) is 5.45. The second-order valence-electron chi connectivity index (χ2n) is 4.25. The zero-order valence-electron chi connectivity index (χ0n) is 9.08. The Bertz CT molecular complexity index is 299. The van der Waals surface area contributed by atoms with Crippen LogP contribution in [0.3, 0.4) is 0 Å². The zero-order chi connectivity index (χ0) is 9.97. The van der Waals surface area contributed by atoms with Gasteiger partial charge in [0.05, 0.1) is 0 Å². The number of aromatic nitrogens is 2. The lowest BCUT2D eigenvalue weighted by Crippen LogP contribution is -2.20. The third-order valence-electron chi connectivity index (χ3n) is 3.00. The first kappa shape index (κ1) is 9.71. The highest BCUT2D eigenvalue weighted by Gasteiger charge is 2.19. The molecule has 0 aromatic carbocycles. The number of hydrogen-bond donors (Lipinski definition) is 1. The van der Waals surface area contributed by atoms with Crippen LogP contribution in [0, 0.1) is 12.8 Å². The van der Waals surface area contributed by atoms with Crippen LogP contribution in [0.2, 0.25) is 0 Å². The van der Waals surface area contributed by atoms with E-state index in [0.717, 1.165) is 24.7 Å². The van der Waals surface area contributed by atoms with Crippen LogP contribution in [-0.4, -0.2) is 22.6 Å². The predicted octanol–water partition coefficient (Wildman–Crippen LogP) is 1.27. The van der Waals surface area contributed by atoms with E-state index in [1.165, 1.54) is 25.1 Å². The van der Waals surface area contributed by atoms with E-state index in [9.17, 15) is 0 Å². The van der Waals surface area contributed by atoms with Crippen molar-refractivity contribution in [3.05, 3.63) is 17.7 Å². The topological polar surface area (TPSA) is 29.9 Å². The molecule has 1 heterocycles. The summed E-state index contributed by atoms with van der Waals surface area (Å²) in [5.41, 5.74) is 1.32. The van der Waals surface area contributed by atoms with E-state index < -0.39 is 0 Å². The third-order valence-corrected chi connectivity index (χ3v) is 3.00. The monoisotopic (exact) mass is 193 g/mol. The average molecular weight is 193 g/mol. The van der Waals surface area contributed by atoms with Crippen LogP contribution in [0.5, 0.6) is 0 Å². The highest BCUT2D eigenvalue weighted by atomic mass is 15.1. The minimum absolute atomic E-state index is 0.975. The van der Waals surface area contributed by atoms with Crippen LogP contribution in [0.4, 0.5) is 0 Å². The van der Waals surface area contributed by atoms with Gasteiger partial charge >= 0.3 is 0 Å². The molecule has 1 aliphatic carbocycles. The van der Waals surface area contributed by atoms with Crippen LogP contribution >= 0.6 is 0 Å². The van der Waals surface area contributed by atoms with Gasteiger partial charge in [-0.1, -0.05) is 0 Å². The fraction of sp³-hybridized carbons (Fsp3) is 0.727. The van der Waals surface area contributed by atoms with E-state index in [1.54, 1.807) is 0 Å². The molecule has 0 radical (unpaired) electrons. The molecule has 1 aromatic heterocycles. The Morgan fingerprint density at radius 1 is 1.57 bits per heavy atom. The van der Waals surface area contributed by atoms with E-state index in [-0.39, 0.29) is 0 Å². The van der Waals surface area contributed by atoms with Gasteiger partial charge in [-0.15, -0.1) is 0 Å². The van der Waals surface area contributed by atoms with Crippen molar-refractivity contribution in [3.8, 4) is 0 Å². The summed E-state index contributed by atoms with van der Waals surface area (Å²) in [6.45, 7) is 4.33. The maximum absolute atomic E-state index is 4.28. The summed E-state index contributed by atoms with van der Waals surface area (Å²) < 4.78 is 2.17. The molecular weight excluding hydrogens is 174 g/mol. The first-order valence-corrected chi connectivity index (χ1v) is 5.45. The highest BCUT2D eigenvalue weighted by molar-refractivity contribution is 5.03.